The van der Waals surface area contributed by atoms with Crippen molar-refractivity contribution in [3.05, 3.63) is 22.6 Å². The van der Waals surface area contributed by atoms with Crippen LogP contribution in [0.25, 0.3) is 0 Å². The molecule has 5 heteroatoms. The Labute approximate surface area is 86.5 Å². The number of furan rings is 1. The van der Waals surface area contributed by atoms with E-state index >= 15 is 0 Å². The van der Waals surface area contributed by atoms with Crippen molar-refractivity contribution in [1.29, 1.82) is 0 Å². The molecule has 0 aliphatic rings. The van der Waals surface area contributed by atoms with Gasteiger partial charge in [0.25, 0.3) is 0 Å². The molecule has 1 aromatic heterocycles. The third kappa shape index (κ3) is 3.27. The van der Waals surface area contributed by atoms with Crippen molar-refractivity contribution in [3.8, 4) is 0 Å². The van der Waals surface area contributed by atoms with Gasteiger partial charge < -0.3 is 9.73 Å². The van der Waals surface area contributed by atoms with Crippen molar-refractivity contribution in [3.63, 3.8) is 0 Å². The molecule has 0 aliphatic heterocycles. The van der Waals surface area contributed by atoms with E-state index in [-0.39, 0.29) is 6.54 Å². The molecule has 0 fully saturated rings. The molecule has 1 aromatic rings. The maximum absolute atomic E-state index is 11.9. The van der Waals surface area contributed by atoms with Gasteiger partial charge in [0.05, 0.1) is 6.54 Å². The summed E-state index contributed by atoms with van der Waals surface area (Å²) in [5, 5.41) is 2.35. The predicted octanol–water partition coefficient (Wildman–Crippen LogP) is 2.86. The van der Waals surface area contributed by atoms with Gasteiger partial charge in [-0.2, -0.15) is 13.2 Å². The smallest absolute Gasteiger partial charge is 0.401 e. The standard InChI is InChI=1S/C10H14F3NO/c1-6-7(2)15-8(3)9(6)4-14-5-10(11,12)13/h14H,4-5H2,1-3H3. The van der Waals surface area contributed by atoms with Gasteiger partial charge in [0.1, 0.15) is 11.5 Å². The molecule has 1 heterocycles. The lowest BCUT2D eigenvalue weighted by Crippen LogP contribution is -2.28. The summed E-state index contributed by atoms with van der Waals surface area (Å²) in [7, 11) is 0. The number of halogens is 3. The van der Waals surface area contributed by atoms with Crippen molar-refractivity contribution in [2.75, 3.05) is 6.54 Å². The second-order valence-electron chi connectivity index (χ2n) is 3.54. The molecule has 0 bridgehead atoms. The van der Waals surface area contributed by atoms with E-state index in [1.54, 1.807) is 13.8 Å². The van der Waals surface area contributed by atoms with Gasteiger partial charge in [-0.25, -0.2) is 0 Å². The highest BCUT2D eigenvalue weighted by Crippen LogP contribution is 2.20. The first-order chi connectivity index (χ1) is 6.81. The lowest BCUT2D eigenvalue weighted by atomic mass is 10.1. The van der Waals surface area contributed by atoms with Crippen LogP contribution in [-0.4, -0.2) is 12.7 Å². The average Bonchev–Trinajstić information content (AvgIpc) is 2.29. The number of aryl methyl sites for hydroxylation is 2. The molecule has 0 atom stereocenters. The van der Waals surface area contributed by atoms with E-state index in [1.807, 2.05) is 6.92 Å². The minimum Gasteiger partial charge on any atom is -0.466 e. The fourth-order valence-corrected chi connectivity index (χ4v) is 1.43. The summed E-state index contributed by atoms with van der Waals surface area (Å²) in [6.45, 7) is 4.61. The summed E-state index contributed by atoms with van der Waals surface area (Å²) in [5.41, 5.74) is 1.74. The van der Waals surface area contributed by atoms with Crippen LogP contribution in [0.4, 0.5) is 13.2 Å². The lowest BCUT2D eigenvalue weighted by Gasteiger charge is -2.08. The van der Waals surface area contributed by atoms with Crippen LogP contribution in [0.15, 0.2) is 4.42 Å². The normalized spacial score (nSPS) is 12.1. The van der Waals surface area contributed by atoms with E-state index in [0.717, 1.165) is 16.9 Å². The van der Waals surface area contributed by atoms with E-state index in [2.05, 4.69) is 5.32 Å². The zero-order valence-corrected chi connectivity index (χ0v) is 8.96. The summed E-state index contributed by atoms with van der Waals surface area (Å²) in [5.74, 6) is 1.44. The van der Waals surface area contributed by atoms with Gasteiger partial charge in [-0.05, 0) is 26.3 Å². The Morgan fingerprint density at radius 3 is 2.13 bits per heavy atom. The Morgan fingerprint density at radius 1 is 1.13 bits per heavy atom. The predicted molar refractivity (Wildman–Crippen MR) is 50.7 cm³/mol. The molecular formula is C10H14F3NO. The van der Waals surface area contributed by atoms with Crippen LogP contribution in [0.5, 0.6) is 0 Å². The monoisotopic (exact) mass is 221 g/mol. The Balaban J connectivity index is 2.58. The zero-order valence-electron chi connectivity index (χ0n) is 8.96. The molecule has 0 saturated heterocycles. The fourth-order valence-electron chi connectivity index (χ4n) is 1.43. The SMILES string of the molecule is Cc1oc(C)c(CNCC(F)(F)F)c1C. The molecule has 0 radical (unpaired) electrons. The van der Waals surface area contributed by atoms with Gasteiger partial charge in [-0.15, -0.1) is 0 Å². The van der Waals surface area contributed by atoms with Gasteiger partial charge in [-0.3, -0.25) is 0 Å². The van der Waals surface area contributed by atoms with E-state index in [0.29, 0.717) is 5.76 Å². The number of nitrogens with one attached hydrogen (secondary N) is 1. The first kappa shape index (κ1) is 12.1. The van der Waals surface area contributed by atoms with Gasteiger partial charge in [0.2, 0.25) is 0 Å². The van der Waals surface area contributed by atoms with Crippen molar-refractivity contribution in [2.24, 2.45) is 0 Å². The summed E-state index contributed by atoms with van der Waals surface area (Å²) in [6.07, 6.45) is -4.17. The van der Waals surface area contributed by atoms with Crippen LogP contribution < -0.4 is 5.32 Å². The Kier molecular flexibility index (Phi) is 3.44. The minimum atomic E-state index is -4.17. The quantitative estimate of drug-likeness (QED) is 0.849. The third-order valence-corrected chi connectivity index (χ3v) is 2.34. The van der Waals surface area contributed by atoms with Crippen LogP contribution in [0, 0.1) is 20.8 Å². The highest BCUT2D eigenvalue weighted by molar-refractivity contribution is 5.31. The molecular weight excluding hydrogens is 207 g/mol. The van der Waals surface area contributed by atoms with Crippen LogP contribution in [0.1, 0.15) is 22.6 Å². The summed E-state index contributed by atoms with van der Waals surface area (Å²) in [4.78, 5) is 0. The molecule has 0 spiro atoms. The summed E-state index contributed by atoms with van der Waals surface area (Å²) in [6, 6.07) is 0. The Morgan fingerprint density at radius 2 is 1.73 bits per heavy atom. The molecule has 0 amide bonds. The second kappa shape index (κ2) is 4.26. The minimum absolute atomic E-state index is 0.189. The molecule has 1 rings (SSSR count). The number of rotatable bonds is 3. The number of hydrogen-bond donors (Lipinski definition) is 1. The van der Waals surface area contributed by atoms with E-state index in [9.17, 15) is 13.2 Å². The first-order valence-corrected chi connectivity index (χ1v) is 4.64. The van der Waals surface area contributed by atoms with Crippen molar-refractivity contribution in [1.82, 2.24) is 5.32 Å². The topological polar surface area (TPSA) is 25.2 Å². The van der Waals surface area contributed by atoms with Gasteiger partial charge in [0.15, 0.2) is 0 Å². The molecule has 15 heavy (non-hydrogen) atoms. The van der Waals surface area contributed by atoms with E-state index < -0.39 is 12.7 Å². The number of alkyl halides is 3. The second-order valence-corrected chi connectivity index (χ2v) is 3.54. The molecule has 0 saturated carbocycles. The fraction of sp³-hybridized carbons (Fsp3) is 0.600. The molecule has 86 valence electrons. The average molecular weight is 221 g/mol. The highest BCUT2D eigenvalue weighted by Gasteiger charge is 2.26. The van der Waals surface area contributed by atoms with Crippen LogP contribution in [-0.2, 0) is 6.54 Å². The molecule has 0 aromatic carbocycles. The summed E-state index contributed by atoms with van der Waals surface area (Å²) < 4.78 is 40.9. The van der Waals surface area contributed by atoms with Crippen molar-refractivity contribution < 1.29 is 17.6 Å². The zero-order chi connectivity index (χ0) is 11.6. The Bertz CT molecular complexity index is 341. The highest BCUT2D eigenvalue weighted by atomic mass is 19.4. The van der Waals surface area contributed by atoms with Crippen LogP contribution in [0.2, 0.25) is 0 Å². The van der Waals surface area contributed by atoms with Gasteiger partial charge >= 0.3 is 6.18 Å². The number of hydrogen-bond acceptors (Lipinski definition) is 2. The maximum Gasteiger partial charge on any atom is 0.401 e. The molecule has 0 unspecified atom stereocenters. The van der Waals surface area contributed by atoms with Crippen molar-refractivity contribution in [2.45, 2.75) is 33.5 Å². The lowest BCUT2D eigenvalue weighted by molar-refractivity contribution is -0.125. The van der Waals surface area contributed by atoms with Gasteiger partial charge in [-0.1, -0.05) is 0 Å². The maximum atomic E-state index is 11.9. The first-order valence-electron chi connectivity index (χ1n) is 4.64. The Hall–Kier alpha value is -0.970. The van der Waals surface area contributed by atoms with Crippen molar-refractivity contribution >= 4 is 0 Å². The van der Waals surface area contributed by atoms with E-state index in [4.69, 9.17) is 4.42 Å². The molecule has 0 aliphatic carbocycles. The van der Waals surface area contributed by atoms with Crippen LogP contribution in [0.3, 0.4) is 0 Å². The van der Waals surface area contributed by atoms with Crippen LogP contribution >= 0.6 is 0 Å². The third-order valence-electron chi connectivity index (χ3n) is 2.34. The van der Waals surface area contributed by atoms with Gasteiger partial charge in [0, 0.05) is 12.1 Å². The molecule has 2 nitrogen and oxygen atoms in total. The summed E-state index contributed by atoms with van der Waals surface area (Å²) >= 11 is 0. The largest absolute Gasteiger partial charge is 0.466 e. The van der Waals surface area contributed by atoms with E-state index in [1.165, 1.54) is 0 Å². The molecule has 1 N–H and O–H groups in total.